The topological polar surface area (TPSA) is 93.5 Å². The highest BCUT2D eigenvalue weighted by Gasteiger charge is 2.27. The normalized spacial score (nSPS) is 14.1. The molecule has 1 fully saturated rings. The zero-order valence-electron chi connectivity index (χ0n) is 19.8. The SMILES string of the molecule is CCOC(=O)N1CCC(n2c(SCC(=O)NCCc3ccccc3)nc3ccccc3c2=O)CC1. The maximum Gasteiger partial charge on any atom is 0.409 e. The first-order chi connectivity index (χ1) is 17.1. The summed E-state index contributed by atoms with van der Waals surface area (Å²) in [7, 11) is 0. The summed E-state index contributed by atoms with van der Waals surface area (Å²) in [6.07, 6.45) is 1.68. The number of aromatic nitrogens is 2. The lowest BCUT2D eigenvalue weighted by atomic mass is 10.0. The molecule has 2 heterocycles. The molecule has 0 atom stereocenters. The zero-order valence-corrected chi connectivity index (χ0v) is 20.6. The van der Waals surface area contributed by atoms with Crippen molar-refractivity contribution in [1.82, 2.24) is 19.8 Å². The van der Waals surface area contributed by atoms with Gasteiger partial charge in [0.15, 0.2) is 5.16 Å². The van der Waals surface area contributed by atoms with Gasteiger partial charge in [-0.3, -0.25) is 14.2 Å². The molecule has 9 heteroatoms. The predicted octanol–water partition coefficient (Wildman–Crippen LogP) is 3.64. The largest absolute Gasteiger partial charge is 0.450 e. The highest BCUT2D eigenvalue weighted by atomic mass is 32.2. The van der Waals surface area contributed by atoms with Crippen molar-refractivity contribution in [3.63, 3.8) is 0 Å². The summed E-state index contributed by atoms with van der Waals surface area (Å²) in [5.41, 5.74) is 1.67. The monoisotopic (exact) mass is 494 g/mol. The van der Waals surface area contributed by atoms with E-state index < -0.39 is 0 Å². The summed E-state index contributed by atoms with van der Waals surface area (Å²) in [5, 5.41) is 4.03. The number of rotatable bonds is 8. The Morgan fingerprint density at radius 3 is 2.54 bits per heavy atom. The van der Waals surface area contributed by atoms with Crippen LogP contribution in [-0.4, -0.2) is 58.4 Å². The third-order valence-corrected chi connectivity index (χ3v) is 6.99. The number of piperidine rings is 1. The summed E-state index contributed by atoms with van der Waals surface area (Å²) >= 11 is 1.27. The molecule has 1 aliphatic rings. The molecule has 2 aromatic carbocycles. The smallest absolute Gasteiger partial charge is 0.409 e. The van der Waals surface area contributed by atoms with Gasteiger partial charge in [-0.15, -0.1) is 0 Å². The van der Waals surface area contributed by atoms with Crippen LogP contribution < -0.4 is 10.9 Å². The molecule has 0 bridgehead atoms. The lowest BCUT2D eigenvalue weighted by Gasteiger charge is -2.33. The summed E-state index contributed by atoms with van der Waals surface area (Å²) in [6, 6.07) is 17.2. The average Bonchev–Trinajstić information content (AvgIpc) is 2.88. The van der Waals surface area contributed by atoms with Gasteiger partial charge in [-0.25, -0.2) is 9.78 Å². The number of amides is 2. The van der Waals surface area contributed by atoms with E-state index in [1.807, 2.05) is 48.5 Å². The Labute approximate surface area is 208 Å². The Bertz CT molecular complexity index is 1220. The van der Waals surface area contributed by atoms with E-state index in [0.29, 0.717) is 55.1 Å². The standard InChI is InChI=1S/C26H30N4O4S/c1-2-34-26(33)29-16-13-20(14-17-29)30-24(32)21-10-6-7-11-22(21)28-25(30)35-18-23(31)27-15-12-19-8-4-3-5-9-19/h3-11,20H,2,12-18H2,1H3,(H,27,31). The van der Waals surface area contributed by atoms with Crippen LogP contribution in [0.2, 0.25) is 0 Å². The molecule has 0 unspecified atom stereocenters. The van der Waals surface area contributed by atoms with E-state index in [2.05, 4.69) is 5.32 Å². The third-order valence-electron chi connectivity index (χ3n) is 6.04. The van der Waals surface area contributed by atoms with E-state index in [-0.39, 0.29) is 29.4 Å². The Hall–Kier alpha value is -3.33. The number of likely N-dealkylation sites (tertiary alicyclic amines) is 1. The van der Waals surface area contributed by atoms with Crippen LogP contribution in [0.4, 0.5) is 4.79 Å². The number of thioether (sulfide) groups is 1. The molecule has 0 saturated carbocycles. The molecular weight excluding hydrogens is 464 g/mol. The first-order valence-electron chi connectivity index (χ1n) is 11.9. The van der Waals surface area contributed by atoms with Gasteiger partial charge in [0.2, 0.25) is 5.91 Å². The van der Waals surface area contributed by atoms with Crippen LogP contribution in [0.1, 0.15) is 31.4 Å². The van der Waals surface area contributed by atoms with Crippen molar-refractivity contribution in [1.29, 1.82) is 0 Å². The Kier molecular flexibility index (Phi) is 8.41. The molecular formula is C26H30N4O4S. The van der Waals surface area contributed by atoms with E-state index in [9.17, 15) is 14.4 Å². The number of ether oxygens (including phenoxy) is 1. The molecule has 3 aromatic rings. The van der Waals surface area contributed by atoms with Crippen molar-refractivity contribution in [3.05, 3.63) is 70.5 Å². The Balaban J connectivity index is 1.46. The Morgan fingerprint density at radius 1 is 1.09 bits per heavy atom. The molecule has 1 aliphatic heterocycles. The van der Waals surface area contributed by atoms with Crippen LogP contribution in [0.3, 0.4) is 0 Å². The van der Waals surface area contributed by atoms with Gasteiger partial charge in [0.05, 0.1) is 23.3 Å². The molecule has 0 aliphatic carbocycles. The van der Waals surface area contributed by atoms with E-state index in [4.69, 9.17) is 9.72 Å². The van der Waals surface area contributed by atoms with Crippen LogP contribution in [-0.2, 0) is 16.0 Å². The summed E-state index contributed by atoms with van der Waals surface area (Å²) < 4.78 is 6.83. The van der Waals surface area contributed by atoms with E-state index >= 15 is 0 Å². The van der Waals surface area contributed by atoms with Gasteiger partial charge in [-0.05, 0) is 43.9 Å². The van der Waals surface area contributed by atoms with Crippen molar-refractivity contribution >= 4 is 34.7 Å². The first-order valence-corrected chi connectivity index (χ1v) is 12.9. The lowest BCUT2D eigenvalue weighted by molar-refractivity contribution is -0.118. The van der Waals surface area contributed by atoms with Crippen molar-refractivity contribution in [2.75, 3.05) is 32.0 Å². The minimum absolute atomic E-state index is 0.1000. The van der Waals surface area contributed by atoms with Gasteiger partial charge in [-0.2, -0.15) is 0 Å². The van der Waals surface area contributed by atoms with Gasteiger partial charge in [0.25, 0.3) is 5.56 Å². The number of nitrogens with zero attached hydrogens (tertiary/aromatic N) is 3. The average molecular weight is 495 g/mol. The highest BCUT2D eigenvalue weighted by molar-refractivity contribution is 7.99. The fraction of sp³-hybridized carbons (Fsp3) is 0.385. The number of fused-ring (bicyclic) bond motifs is 1. The van der Waals surface area contributed by atoms with Crippen LogP contribution in [0, 0.1) is 0 Å². The second-order valence-corrected chi connectivity index (χ2v) is 9.32. The van der Waals surface area contributed by atoms with Crippen molar-refractivity contribution in [3.8, 4) is 0 Å². The Morgan fingerprint density at radius 2 is 1.80 bits per heavy atom. The van der Waals surface area contributed by atoms with Crippen LogP contribution in [0.25, 0.3) is 10.9 Å². The van der Waals surface area contributed by atoms with Crippen LogP contribution >= 0.6 is 11.8 Å². The molecule has 8 nitrogen and oxygen atoms in total. The minimum atomic E-state index is -0.322. The molecule has 184 valence electrons. The van der Waals surface area contributed by atoms with E-state index in [0.717, 1.165) is 6.42 Å². The van der Waals surface area contributed by atoms with Gasteiger partial charge in [0, 0.05) is 25.7 Å². The van der Waals surface area contributed by atoms with Crippen molar-refractivity contribution in [2.45, 2.75) is 37.4 Å². The molecule has 0 radical (unpaired) electrons. The van der Waals surface area contributed by atoms with Gasteiger partial charge >= 0.3 is 6.09 Å². The van der Waals surface area contributed by atoms with Gasteiger partial charge < -0.3 is 15.0 Å². The fourth-order valence-electron chi connectivity index (χ4n) is 4.24. The maximum atomic E-state index is 13.4. The second kappa shape index (κ2) is 11.9. The minimum Gasteiger partial charge on any atom is -0.450 e. The highest BCUT2D eigenvalue weighted by Crippen LogP contribution is 2.27. The van der Waals surface area contributed by atoms with Crippen LogP contribution in [0.5, 0.6) is 0 Å². The number of hydrogen-bond donors (Lipinski definition) is 1. The second-order valence-electron chi connectivity index (χ2n) is 8.38. The first kappa shape index (κ1) is 24.8. The zero-order chi connectivity index (χ0) is 24.6. The quantitative estimate of drug-likeness (QED) is 0.380. The van der Waals surface area contributed by atoms with E-state index in [1.165, 1.54) is 17.3 Å². The molecule has 4 rings (SSSR count). The molecule has 1 saturated heterocycles. The van der Waals surface area contributed by atoms with Crippen LogP contribution in [0.15, 0.2) is 64.5 Å². The summed E-state index contributed by atoms with van der Waals surface area (Å²) in [4.78, 5) is 44.4. The summed E-state index contributed by atoms with van der Waals surface area (Å²) in [5.74, 6) is 0.0679. The van der Waals surface area contributed by atoms with Gasteiger partial charge in [0.1, 0.15) is 0 Å². The maximum absolute atomic E-state index is 13.4. The molecule has 2 amide bonds. The molecule has 1 N–H and O–H groups in total. The number of carbonyl (C=O) groups excluding carboxylic acids is 2. The molecule has 35 heavy (non-hydrogen) atoms. The number of para-hydroxylation sites is 1. The van der Waals surface area contributed by atoms with Gasteiger partial charge in [-0.1, -0.05) is 54.2 Å². The van der Waals surface area contributed by atoms with E-state index in [1.54, 1.807) is 22.5 Å². The van der Waals surface area contributed by atoms with Crippen molar-refractivity contribution < 1.29 is 14.3 Å². The van der Waals surface area contributed by atoms with Crippen molar-refractivity contribution in [2.24, 2.45) is 0 Å². The number of benzene rings is 2. The number of hydrogen-bond acceptors (Lipinski definition) is 6. The lowest BCUT2D eigenvalue weighted by Crippen LogP contribution is -2.41. The molecule has 1 aromatic heterocycles. The summed E-state index contributed by atoms with van der Waals surface area (Å²) in [6.45, 7) is 3.68. The number of carbonyl (C=O) groups is 2. The molecule has 0 spiro atoms. The number of nitrogens with one attached hydrogen (secondary N) is 1. The predicted molar refractivity (Wildman–Crippen MR) is 137 cm³/mol. The fourth-order valence-corrected chi connectivity index (χ4v) is 5.14. The third kappa shape index (κ3) is 6.22.